The van der Waals surface area contributed by atoms with Gasteiger partial charge in [-0.2, -0.15) is 0 Å². The highest BCUT2D eigenvalue weighted by atomic mass is 32.2. The fourth-order valence-corrected chi connectivity index (χ4v) is 4.13. The Morgan fingerprint density at radius 3 is 2.06 bits per heavy atom. The molecule has 0 aliphatic carbocycles. The molecule has 0 aliphatic rings. The van der Waals surface area contributed by atoms with Gasteiger partial charge >= 0.3 is 0 Å². The van der Waals surface area contributed by atoms with Gasteiger partial charge in [-0.05, 0) is 51.3 Å². The SMILES string of the molecule is CC[C@@H](C)NC(=O)[C@H](CC)N(Cc1ccc(C)cc1)C(=O)CCSc1ccc(C)cc1. The second-order valence-corrected chi connectivity index (χ2v) is 9.33. The lowest BCUT2D eigenvalue weighted by Gasteiger charge is -2.31. The monoisotopic (exact) mass is 440 g/mol. The van der Waals surface area contributed by atoms with Gasteiger partial charge in [-0.15, -0.1) is 11.8 Å². The standard InChI is InChI=1S/C26H36N2O2S/c1-6-21(5)27-26(30)24(7-2)28(18-22-12-8-19(3)9-13-22)25(29)16-17-31-23-14-10-20(4)11-15-23/h8-15,21,24H,6-7,16-18H2,1-5H3,(H,27,30)/t21-,24+/m1/s1. The average Bonchev–Trinajstić information content (AvgIpc) is 2.76. The van der Waals surface area contributed by atoms with Crippen LogP contribution < -0.4 is 5.32 Å². The molecule has 4 nitrogen and oxygen atoms in total. The summed E-state index contributed by atoms with van der Waals surface area (Å²) in [5, 5.41) is 3.06. The highest BCUT2D eigenvalue weighted by Crippen LogP contribution is 2.21. The summed E-state index contributed by atoms with van der Waals surface area (Å²) in [6.07, 6.45) is 1.85. The first-order valence-corrected chi connectivity index (χ1v) is 12.2. The summed E-state index contributed by atoms with van der Waals surface area (Å²) >= 11 is 1.68. The van der Waals surface area contributed by atoms with Crippen LogP contribution in [-0.2, 0) is 16.1 Å². The van der Waals surface area contributed by atoms with Crippen molar-refractivity contribution >= 4 is 23.6 Å². The molecule has 2 aromatic rings. The molecule has 2 amide bonds. The normalized spacial score (nSPS) is 12.8. The van der Waals surface area contributed by atoms with Crippen LogP contribution in [0.1, 0.15) is 56.7 Å². The Morgan fingerprint density at radius 1 is 0.935 bits per heavy atom. The number of hydrogen-bond donors (Lipinski definition) is 1. The van der Waals surface area contributed by atoms with E-state index in [1.807, 2.05) is 52.0 Å². The zero-order valence-corrected chi connectivity index (χ0v) is 20.3. The van der Waals surface area contributed by atoms with Crippen molar-refractivity contribution in [2.45, 2.75) is 77.4 Å². The van der Waals surface area contributed by atoms with E-state index < -0.39 is 6.04 Å². The summed E-state index contributed by atoms with van der Waals surface area (Å²) in [7, 11) is 0. The van der Waals surface area contributed by atoms with Crippen molar-refractivity contribution in [3.05, 3.63) is 65.2 Å². The zero-order valence-electron chi connectivity index (χ0n) is 19.5. The molecule has 0 aliphatic heterocycles. The first-order valence-electron chi connectivity index (χ1n) is 11.2. The minimum atomic E-state index is -0.466. The van der Waals surface area contributed by atoms with Crippen molar-refractivity contribution in [2.75, 3.05) is 5.75 Å². The van der Waals surface area contributed by atoms with E-state index in [0.717, 1.165) is 16.9 Å². The molecule has 2 rings (SSSR count). The Morgan fingerprint density at radius 2 is 1.52 bits per heavy atom. The molecule has 0 fully saturated rings. The molecule has 5 heteroatoms. The molecule has 0 bridgehead atoms. The van der Waals surface area contributed by atoms with Crippen LogP contribution in [0.4, 0.5) is 0 Å². The summed E-state index contributed by atoms with van der Waals surface area (Å²) in [4.78, 5) is 29.1. The van der Waals surface area contributed by atoms with E-state index >= 15 is 0 Å². The molecule has 0 radical (unpaired) electrons. The molecule has 0 saturated heterocycles. The third kappa shape index (κ3) is 8.06. The van der Waals surface area contributed by atoms with E-state index in [0.29, 0.717) is 25.1 Å². The van der Waals surface area contributed by atoms with Crippen LogP contribution in [0.3, 0.4) is 0 Å². The summed E-state index contributed by atoms with van der Waals surface area (Å²) < 4.78 is 0. The van der Waals surface area contributed by atoms with Crippen molar-refractivity contribution in [1.82, 2.24) is 10.2 Å². The van der Waals surface area contributed by atoms with Crippen LogP contribution in [0.5, 0.6) is 0 Å². The van der Waals surface area contributed by atoms with Crippen molar-refractivity contribution in [2.24, 2.45) is 0 Å². The number of carbonyl (C=O) groups is 2. The summed E-state index contributed by atoms with van der Waals surface area (Å²) in [6, 6.07) is 16.1. The molecule has 1 N–H and O–H groups in total. The summed E-state index contributed by atoms with van der Waals surface area (Å²) in [5.74, 6) is 0.644. The number of carbonyl (C=O) groups excluding carboxylic acids is 2. The number of benzene rings is 2. The maximum absolute atomic E-state index is 13.3. The van der Waals surface area contributed by atoms with E-state index in [1.165, 1.54) is 11.1 Å². The largest absolute Gasteiger partial charge is 0.352 e. The predicted octanol–water partition coefficient (Wildman–Crippen LogP) is 5.51. The molecule has 0 spiro atoms. The number of nitrogens with one attached hydrogen (secondary N) is 1. The van der Waals surface area contributed by atoms with Crippen LogP contribution in [0.15, 0.2) is 53.4 Å². The quantitative estimate of drug-likeness (QED) is 0.469. The molecule has 31 heavy (non-hydrogen) atoms. The minimum absolute atomic E-state index is 0.0198. The Labute approximate surface area is 191 Å². The van der Waals surface area contributed by atoms with E-state index in [2.05, 4.69) is 36.5 Å². The van der Waals surface area contributed by atoms with Gasteiger partial charge < -0.3 is 10.2 Å². The minimum Gasteiger partial charge on any atom is -0.352 e. The lowest BCUT2D eigenvalue weighted by molar-refractivity contribution is -0.141. The van der Waals surface area contributed by atoms with E-state index in [9.17, 15) is 9.59 Å². The fraction of sp³-hybridized carbons (Fsp3) is 0.462. The molecule has 0 unspecified atom stereocenters. The topological polar surface area (TPSA) is 49.4 Å². The van der Waals surface area contributed by atoms with Crippen LogP contribution in [0.2, 0.25) is 0 Å². The van der Waals surface area contributed by atoms with Gasteiger partial charge in [0.05, 0.1) is 0 Å². The second kappa shape index (κ2) is 12.6. The first-order chi connectivity index (χ1) is 14.8. The lowest BCUT2D eigenvalue weighted by Crippen LogP contribution is -2.50. The van der Waals surface area contributed by atoms with Gasteiger partial charge in [-0.25, -0.2) is 0 Å². The Balaban J connectivity index is 2.12. The van der Waals surface area contributed by atoms with Crippen molar-refractivity contribution in [1.29, 1.82) is 0 Å². The average molecular weight is 441 g/mol. The maximum Gasteiger partial charge on any atom is 0.243 e. The fourth-order valence-electron chi connectivity index (χ4n) is 3.29. The van der Waals surface area contributed by atoms with Gasteiger partial charge in [0.15, 0.2) is 0 Å². The summed E-state index contributed by atoms with van der Waals surface area (Å²) in [5.41, 5.74) is 3.44. The highest BCUT2D eigenvalue weighted by molar-refractivity contribution is 7.99. The molecule has 0 saturated carbocycles. The van der Waals surface area contributed by atoms with Crippen LogP contribution >= 0.6 is 11.8 Å². The molecule has 0 aromatic heterocycles. The van der Waals surface area contributed by atoms with Gasteiger partial charge in [-0.1, -0.05) is 61.4 Å². The van der Waals surface area contributed by atoms with Gasteiger partial charge in [0.25, 0.3) is 0 Å². The number of aryl methyl sites for hydroxylation is 2. The number of amides is 2. The van der Waals surface area contributed by atoms with E-state index in [-0.39, 0.29) is 17.9 Å². The highest BCUT2D eigenvalue weighted by Gasteiger charge is 2.28. The predicted molar refractivity (Wildman–Crippen MR) is 130 cm³/mol. The van der Waals surface area contributed by atoms with Gasteiger partial charge in [0.1, 0.15) is 6.04 Å². The zero-order chi connectivity index (χ0) is 22.8. The van der Waals surface area contributed by atoms with Crippen LogP contribution in [0.25, 0.3) is 0 Å². The number of thioether (sulfide) groups is 1. The molecule has 2 aromatic carbocycles. The number of hydrogen-bond acceptors (Lipinski definition) is 3. The number of rotatable bonds is 11. The van der Waals surface area contributed by atoms with E-state index in [4.69, 9.17) is 0 Å². The maximum atomic E-state index is 13.3. The van der Waals surface area contributed by atoms with Crippen molar-refractivity contribution < 1.29 is 9.59 Å². The molecular formula is C26H36N2O2S. The Kier molecular flexibility index (Phi) is 10.1. The van der Waals surface area contributed by atoms with Gasteiger partial charge in [0.2, 0.25) is 11.8 Å². The van der Waals surface area contributed by atoms with Gasteiger partial charge in [-0.3, -0.25) is 9.59 Å². The molecule has 168 valence electrons. The lowest BCUT2D eigenvalue weighted by atomic mass is 10.1. The first kappa shape index (κ1) is 25.0. The van der Waals surface area contributed by atoms with Crippen LogP contribution in [-0.4, -0.2) is 34.6 Å². The Bertz CT molecular complexity index is 833. The third-order valence-electron chi connectivity index (χ3n) is 5.47. The van der Waals surface area contributed by atoms with Gasteiger partial charge in [0, 0.05) is 29.7 Å². The Hall–Kier alpha value is -2.27. The molecule has 0 heterocycles. The van der Waals surface area contributed by atoms with Crippen molar-refractivity contribution in [3.8, 4) is 0 Å². The molecular weight excluding hydrogens is 404 g/mol. The second-order valence-electron chi connectivity index (χ2n) is 8.16. The smallest absolute Gasteiger partial charge is 0.243 e. The van der Waals surface area contributed by atoms with E-state index in [1.54, 1.807) is 16.7 Å². The van der Waals surface area contributed by atoms with Crippen molar-refractivity contribution in [3.63, 3.8) is 0 Å². The molecule has 2 atom stereocenters. The number of nitrogens with zero attached hydrogens (tertiary/aromatic N) is 1. The summed E-state index contributed by atoms with van der Waals surface area (Å²) in [6.45, 7) is 10.6. The van der Waals surface area contributed by atoms with Crippen LogP contribution in [0, 0.1) is 13.8 Å². The third-order valence-corrected chi connectivity index (χ3v) is 6.48.